The van der Waals surface area contributed by atoms with Crippen LogP contribution in [0.4, 0.5) is 17.4 Å². The van der Waals surface area contributed by atoms with Gasteiger partial charge in [-0.15, -0.1) is 0 Å². The highest BCUT2D eigenvalue weighted by molar-refractivity contribution is 7.92. The summed E-state index contributed by atoms with van der Waals surface area (Å²) in [6.45, 7) is 1.59. The molecular weight excluding hydrogens is 302 g/mol. The highest BCUT2D eigenvalue weighted by atomic mass is 32.2. The molecule has 0 atom stereocenters. The van der Waals surface area contributed by atoms with E-state index >= 15 is 0 Å². The van der Waals surface area contributed by atoms with Crippen LogP contribution >= 0.6 is 0 Å². The Morgan fingerprint density at radius 1 is 1.05 bits per heavy atom. The van der Waals surface area contributed by atoms with Gasteiger partial charge in [-0.2, -0.15) is 4.98 Å². The van der Waals surface area contributed by atoms with Crippen LogP contribution in [0.1, 0.15) is 6.92 Å². The fourth-order valence-electron chi connectivity index (χ4n) is 1.92. The number of rotatable bonds is 5. The lowest BCUT2D eigenvalue weighted by molar-refractivity contribution is 0.602. The van der Waals surface area contributed by atoms with Crippen molar-refractivity contribution >= 4 is 38.5 Å². The third-order valence-electron chi connectivity index (χ3n) is 3.08. The van der Waals surface area contributed by atoms with Crippen LogP contribution in [0.25, 0.3) is 11.1 Å². The zero-order valence-electron chi connectivity index (χ0n) is 11.9. The predicted molar refractivity (Wildman–Crippen MR) is 86.8 cm³/mol. The quantitative estimate of drug-likeness (QED) is 0.754. The molecule has 1 heterocycles. The summed E-state index contributed by atoms with van der Waals surface area (Å²) in [5, 5.41) is 3.04. The Bertz CT molecular complexity index is 853. The maximum atomic E-state index is 11.5. The second kappa shape index (κ2) is 5.69. The molecule has 3 aromatic rings. The van der Waals surface area contributed by atoms with Crippen LogP contribution in [-0.4, -0.2) is 19.2 Å². The smallest absolute Gasteiger partial charge is 0.300 e. The Hall–Kier alpha value is -2.54. The van der Waals surface area contributed by atoms with Crippen molar-refractivity contribution < 1.29 is 12.8 Å². The van der Waals surface area contributed by atoms with Crippen molar-refractivity contribution in [1.29, 1.82) is 0 Å². The molecule has 0 saturated heterocycles. The van der Waals surface area contributed by atoms with E-state index < -0.39 is 10.0 Å². The number of para-hydroxylation sites is 2. The first-order valence-corrected chi connectivity index (χ1v) is 8.44. The summed E-state index contributed by atoms with van der Waals surface area (Å²) in [6, 6.07) is 14.7. The molecule has 6 nitrogen and oxygen atoms in total. The van der Waals surface area contributed by atoms with Gasteiger partial charge in [-0.3, -0.25) is 4.72 Å². The number of benzene rings is 2. The Morgan fingerprint density at radius 2 is 1.73 bits per heavy atom. The van der Waals surface area contributed by atoms with E-state index in [1.165, 1.54) is 0 Å². The molecule has 7 heteroatoms. The van der Waals surface area contributed by atoms with E-state index in [1.807, 2.05) is 24.3 Å². The van der Waals surface area contributed by atoms with Crippen LogP contribution in [0.3, 0.4) is 0 Å². The number of sulfonamides is 1. The van der Waals surface area contributed by atoms with Crippen molar-refractivity contribution in [3.63, 3.8) is 0 Å². The second-order valence-corrected chi connectivity index (χ2v) is 6.71. The highest BCUT2D eigenvalue weighted by Gasteiger charge is 2.07. The van der Waals surface area contributed by atoms with Crippen molar-refractivity contribution in [2.75, 3.05) is 15.8 Å². The Balaban J connectivity index is 1.75. The van der Waals surface area contributed by atoms with Gasteiger partial charge in [0.25, 0.3) is 6.01 Å². The molecule has 1 aromatic heterocycles. The minimum atomic E-state index is -3.26. The maximum Gasteiger partial charge on any atom is 0.300 e. The molecule has 3 rings (SSSR count). The molecular formula is C15H15N3O3S. The molecule has 114 valence electrons. The Kier molecular flexibility index (Phi) is 3.72. The van der Waals surface area contributed by atoms with Gasteiger partial charge < -0.3 is 9.73 Å². The summed E-state index contributed by atoms with van der Waals surface area (Å²) < 4.78 is 31.0. The minimum absolute atomic E-state index is 0.0376. The number of aromatic nitrogens is 1. The van der Waals surface area contributed by atoms with Gasteiger partial charge in [-0.05, 0) is 43.3 Å². The molecule has 22 heavy (non-hydrogen) atoms. The largest absolute Gasteiger partial charge is 0.423 e. The van der Waals surface area contributed by atoms with Crippen LogP contribution in [0, 0.1) is 0 Å². The van der Waals surface area contributed by atoms with E-state index in [9.17, 15) is 8.42 Å². The number of hydrogen-bond acceptors (Lipinski definition) is 5. The first-order valence-electron chi connectivity index (χ1n) is 6.79. The standard InChI is InChI=1S/C15H15N3O3S/c1-2-22(19,20)18-12-9-7-11(8-10-12)16-15-17-13-5-3-4-6-14(13)21-15/h3-10,18H,2H2,1H3,(H,16,17). The lowest BCUT2D eigenvalue weighted by Crippen LogP contribution is -2.14. The monoisotopic (exact) mass is 317 g/mol. The number of nitrogens with one attached hydrogen (secondary N) is 2. The number of anilines is 3. The predicted octanol–water partition coefficient (Wildman–Crippen LogP) is 3.33. The van der Waals surface area contributed by atoms with Gasteiger partial charge in [-0.25, -0.2) is 8.42 Å². The first-order chi connectivity index (χ1) is 10.6. The summed E-state index contributed by atoms with van der Waals surface area (Å²) in [6.07, 6.45) is 0. The molecule has 2 aromatic carbocycles. The third-order valence-corrected chi connectivity index (χ3v) is 4.39. The number of nitrogens with zero attached hydrogens (tertiary/aromatic N) is 1. The lowest BCUT2D eigenvalue weighted by atomic mass is 10.3. The van der Waals surface area contributed by atoms with Crippen molar-refractivity contribution in [3.05, 3.63) is 48.5 Å². The van der Waals surface area contributed by atoms with Gasteiger partial charge in [0.05, 0.1) is 5.75 Å². The lowest BCUT2D eigenvalue weighted by Gasteiger charge is -2.07. The van der Waals surface area contributed by atoms with Gasteiger partial charge in [0.2, 0.25) is 10.0 Å². The maximum absolute atomic E-state index is 11.5. The van der Waals surface area contributed by atoms with Crippen LogP contribution in [0.2, 0.25) is 0 Å². The zero-order chi connectivity index (χ0) is 15.6. The molecule has 0 radical (unpaired) electrons. The van der Waals surface area contributed by atoms with E-state index in [1.54, 1.807) is 31.2 Å². The third kappa shape index (κ3) is 3.20. The molecule has 0 saturated carbocycles. The molecule has 2 N–H and O–H groups in total. The normalized spacial score (nSPS) is 11.5. The van der Waals surface area contributed by atoms with Crippen molar-refractivity contribution in [2.45, 2.75) is 6.92 Å². The van der Waals surface area contributed by atoms with E-state index in [4.69, 9.17) is 4.42 Å². The molecule has 0 unspecified atom stereocenters. The van der Waals surface area contributed by atoms with Gasteiger partial charge in [0.1, 0.15) is 5.52 Å². The average Bonchev–Trinajstić information content (AvgIpc) is 2.91. The SMILES string of the molecule is CCS(=O)(=O)Nc1ccc(Nc2nc3ccccc3o2)cc1. The van der Waals surface area contributed by atoms with Gasteiger partial charge in [0, 0.05) is 11.4 Å². The topological polar surface area (TPSA) is 84.2 Å². The van der Waals surface area contributed by atoms with Crippen molar-refractivity contribution in [2.24, 2.45) is 0 Å². The van der Waals surface area contributed by atoms with Crippen LogP contribution in [-0.2, 0) is 10.0 Å². The average molecular weight is 317 g/mol. The highest BCUT2D eigenvalue weighted by Crippen LogP contribution is 2.23. The van der Waals surface area contributed by atoms with Gasteiger partial charge >= 0.3 is 0 Å². The van der Waals surface area contributed by atoms with Crippen LogP contribution in [0.15, 0.2) is 52.9 Å². The van der Waals surface area contributed by atoms with Crippen molar-refractivity contribution in [3.8, 4) is 0 Å². The van der Waals surface area contributed by atoms with Crippen LogP contribution < -0.4 is 10.0 Å². The van der Waals surface area contributed by atoms with Gasteiger partial charge in [-0.1, -0.05) is 12.1 Å². The molecule has 0 bridgehead atoms. The molecule has 0 aliphatic carbocycles. The molecule has 0 spiro atoms. The Morgan fingerprint density at radius 3 is 2.41 bits per heavy atom. The summed E-state index contributed by atoms with van der Waals surface area (Å²) >= 11 is 0. The summed E-state index contributed by atoms with van der Waals surface area (Å²) in [5.74, 6) is 0.0376. The van der Waals surface area contributed by atoms with Crippen LogP contribution in [0.5, 0.6) is 0 Å². The van der Waals surface area contributed by atoms with Crippen molar-refractivity contribution in [1.82, 2.24) is 4.98 Å². The molecule has 0 aliphatic heterocycles. The fraction of sp³-hybridized carbons (Fsp3) is 0.133. The summed E-state index contributed by atoms with van der Waals surface area (Å²) in [4.78, 5) is 4.31. The first kappa shape index (κ1) is 14.4. The zero-order valence-corrected chi connectivity index (χ0v) is 12.7. The fourth-order valence-corrected chi connectivity index (χ4v) is 2.56. The van der Waals surface area contributed by atoms with E-state index in [-0.39, 0.29) is 5.75 Å². The van der Waals surface area contributed by atoms with E-state index in [0.29, 0.717) is 17.3 Å². The van der Waals surface area contributed by atoms with E-state index in [2.05, 4.69) is 15.0 Å². The molecule has 0 aliphatic rings. The molecule has 0 amide bonds. The number of fused-ring (bicyclic) bond motifs is 1. The minimum Gasteiger partial charge on any atom is -0.423 e. The second-order valence-electron chi connectivity index (χ2n) is 4.69. The van der Waals surface area contributed by atoms with E-state index in [0.717, 1.165) is 11.2 Å². The molecule has 0 fully saturated rings. The number of oxazole rings is 1. The van der Waals surface area contributed by atoms with Gasteiger partial charge in [0.15, 0.2) is 5.58 Å². The summed E-state index contributed by atoms with van der Waals surface area (Å²) in [5.41, 5.74) is 2.76. The number of hydrogen-bond donors (Lipinski definition) is 2. The Labute approximate surface area is 128 Å². The summed E-state index contributed by atoms with van der Waals surface area (Å²) in [7, 11) is -3.26.